The third-order valence-electron chi connectivity index (χ3n) is 5.85. The Labute approximate surface area is 178 Å². The van der Waals surface area contributed by atoms with E-state index in [1.54, 1.807) is 0 Å². The van der Waals surface area contributed by atoms with Crippen LogP contribution in [0.2, 0.25) is 0 Å². The minimum Gasteiger partial charge on any atom is -0.490 e. The first-order valence-corrected chi connectivity index (χ1v) is 11.1. The zero-order chi connectivity index (χ0) is 20.8. The molecule has 1 N–H and O–H groups in total. The van der Waals surface area contributed by atoms with Crippen molar-refractivity contribution in [3.63, 3.8) is 0 Å². The van der Waals surface area contributed by atoms with E-state index >= 15 is 0 Å². The summed E-state index contributed by atoms with van der Waals surface area (Å²) in [6, 6.07) is 17.7. The maximum atomic E-state index is 12.5. The molecule has 1 heterocycles. The third kappa shape index (κ3) is 5.62. The van der Waals surface area contributed by atoms with Gasteiger partial charge in [0.1, 0.15) is 11.9 Å². The van der Waals surface area contributed by atoms with Gasteiger partial charge in [0, 0.05) is 44.0 Å². The van der Waals surface area contributed by atoms with Crippen LogP contribution < -0.4 is 10.1 Å². The highest BCUT2D eigenvalue weighted by Crippen LogP contribution is 2.32. The molecule has 2 aromatic carbocycles. The summed E-state index contributed by atoms with van der Waals surface area (Å²) in [5.41, 5.74) is 1.90. The molecule has 1 saturated carbocycles. The number of benzene rings is 2. The highest BCUT2D eigenvalue weighted by molar-refractivity contribution is 5.94. The highest BCUT2D eigenvalue weighted by atomic mass is 16.5. The number of hydrogen-bond acceptors (Lipinski definition) is 3. The number of piperidine rings is 1. The molecule has 4 rings (SSSR count). The summed E-state index contributed by atoms with van der Waals surface area (Å²) in [5.74, 6) is 1.25. The number of nitrogens with one attached hydrogen (secondary N) is 1. The van der Waals surface area contributed by atoms with Crippen molar-refractivity contribution >= 4 is 11.8 Å². The lowest BCUT2D eigenvalue weighted by atomic mass is 10.1. The lowest BCUT2D eigenvalue weighted by molar-refractivity contribution is -0.134. The van der Waals surface area contributed by atoms with E-state index < -0.39 is 0 Å². The van der Waals surface area contributed by atoms with Crippen LogP contribution >= 0.6 is 0 Å². The van der Waals surface area contributed by atoms with E-state index in [2.05, 4.69) is 17.4 Å². The van der Waals surface area contributed by atoms with E-state index in [9.17, 15) is 9.59 Å². The Morgan fingerprint density at radius 2 is 1.73 bits per heavy atom. The zero-order valence-electron chi connectivity index (χ0n) is 17.4. The van der Waals surface area contributed by atoms with Gasteiger partial charge in [0.15, 0.2) is 0 Å². The van der Waals surface area contributed by atoms with Crippen LogP contribution in [0.3, 0.4) is 0 Å². The Bertz CT molecular complexity index is 856. The maximum absolute atomic E-state index is 12.5. The van der Waals surface area contributed by atoms with Gasteiger partial charge in [-0.25, -0.2) is 0 Å². The standard InChI is InChI=1S/C25H30N2O3/c28-24(26-15-5-8-19-6-2-1-3-7-19)21-9-4-10-23(18-21)30-22-13-16-27(17-14-22)25(29)20-11-12-20/h1-4,6-7,9-10,18,20,22H,5,8,11-17H2,(H,26,28). The molecule has 0 radical (unpaired) electrons. The fourth-order valence-electron chi connectivity index (χ4n) is 3.93. The van der Waals surface area contributed by atoms with Crippen molar-refractivity contribution < 1.29 is 14.3 Å². The summed E-state index contributed by atoms with van der Waals surface area (Å²) in [4.78, 5) is 26.6. The van der Waals surface area contributed by atoms with E-state index in [0.29, 0.717) is 18.0 Å². The molecule has 2 aromatic rings. The number of aryl methyl sites for hydroxylation is 1. The van der Waals surface area contributed by atoms with Gasteiger partial charge in [0.25, 0.3) is 5.91 Å². The van der Waals surface area contributed by atoms with Crippen LogP contribution in [-0.2, 0) is 11.2 Å². The first-order valence-electron chi connectivity index (χ1n) is 11.1. The average molecular weight is 407 g/mol. The third-order valence-corrected chi connectivity index (χ3v) is 5.85. The fraction of sp³-hybridized carbons (Fsp3) is 0.440. The Balaban J connectivity index is 1.21. The number of carbonyl (C=O) groups excluding carboxylic acids is 2. The number of rotatable bonds is 8. The first-order chi connectivity index (χ1) is 14.7. The normalized spacial score (nSPS) is 16.9. The first kappa shape index (κ1) is 20.5. The summed E-state index contributed by atoms with van der Waals surface area (Å²) >= 11 is 0. The summed E-state index contributed by atoms with van der Waals surface area (Å²) in [5, 5.41) is 3.00. The Morgan fingerprint density at radius 3 is 2.47 bits per heavy atom. The van der Waals surface area contributed by atoms with Crippen molar-refractivity contribution in [1.29, 1.82) is 0 Å². The molecular weight excluding hydrogens is 376 g/mol. The van der Waals surface area contributed by atoms with Crippen LogP contribution in [0.4, 0.5) is 0 Å². The molecule has 1 aliphatic heterocycles. The lowest BCUT2D eigenvalue weighted by Crippen LogP contribution is -2.42. The largest absolute Gasteiger partial charge is 0.490 e. The molecule has 0 unspecified atom stereocenters. The van der Waals surface area contributed by atoms with E-state index in [-0.39, 0.29) is 17.9 Å². The molecule has 5 nitrogen and oxygen atoms in total. The number of likely N-dealkylation sites (tertiary alicyclic amines) is 1. The molecule has 5 heteroatoms. The molecule has 0 aromatic heterocycles. The summed E-state index contributed by atoms with van der Waals surface area (Å²) in [6.07, 6.45) is 5.74. The highest BCUT2D eigenvalue weighted by Gasteiger charge is 2.35. The van der Waals surface area contributed by atoms with Gasteiger partial charge in [0.05, 0.1) is 0 Å². The van der Waals surface area contributed by atoms with Crippen LogP contribution in [0.1, 0.15) is 48.0 Å². The molecule has 158 valence electrons. The van der Waals surface area contributed by atoms with Gasteiger partial charge < -0.3 is 15.0 Å². The number of nitrogens with zero attached hydrogens (tertiary/aromatic N) is 1. The molecule has 0 bridgehead atoms. The molecule has 2 aliphatic rings. The van der Waals surface area contributed by atoms with E-state index in [0.717, 1.165) is 57.4 Å². The Hall–Kier alpha value is -2.82. The van der Waals surface area contributed by atoms with Crippen LogP contribution in [0.15, 0.2) is 54.6 Å². The number of carbonyl (C=O) groups is 2. The van der Waals surface area contributed by atoms with Gasteiger partial charge in [-0.1, -0.05) is 36.4 Å². The Morgan fingerprint density at radius 1 is 0.967 bits per heavy atom. The van der Waals surface area contributed by atoms with E-state index in [4.69, 9.17) is 4.74 Å². The summed E-state index contributed by atoms with van der Waals surface area (Å²) in [6.45, 7) is 2.18. The zero-order valence-corrected chi connectivity index (χ0v) is 17.4. The SMILES string of the molecule is O=C(NCCCc1ccccc1)c1cccc(OC2CCN(C(=O)C3CC3)CC2)c1. The number of amides is 2. The fourth-order valence-corrected chi connectivity index (χ4v) is 3.93. The smallest absolute Gasteiger partial charge is 0.251 e. The van der Waals surface area contributed by atoms with Crippen LogP contribution in [0, 0.1) is 5.92 Å². The molecule has 0 spiro atoms. The van der Waals surface area contributed by atoms with Crippen molar-refractivity contribution in [2.45, 2.75) is 44.6 Å². The summed E-state index contributed by atoms with van der Waals surface area (Å²) in [7, 11) is 0. The molecule has 1 aliphatic carbocycles. The second-order valence-corrected chi connectivity index (χ2v) is 8.29. The van der Waals surface area contributed by atoms with Gasteiger partial charge in [-0.15, -0.1) is 0 Å². The van der Waals surface area contributed by atoms with Gasteiger partial charge in [-0.3, -0.25) is 9.59 Å². The van der Waals surface area contributed by atoms with Gasteiger partial charge in [-0.05, 0) is 49.4 Å². The minimum absolute atomic E-state index is 0.0710. The minimum atomic E-state index is -0.0710. The maximum Gasteiger partial charge on any atom is 0.251 e. The number of ether oxygens (including phenoxy) is 1. The van der Waals surface area contributed by atoms with Crippen molar-refractivity contribution in [3.8, 4) is 5.75 Å². The molecule has 0 atom stereocenters. The monoisotopic (exact) mass is 406 g/mol. The second-order valence-electron chi connectivity index (χ2n) is 8.29. The van der Waals surface area contributed by atoms with Crippen molar-refractivity contribution in [2.75, 3.05) is 19.6 Å². The van der Waals surface area contributed by atoms with E-state index in [1.165, 1.54) is 5.56 Å². The van der Waals surface area contributed by atoms with Gasteiger partial charge in [-0.2, -0.15) is 0 Å². The number of hydrogen-bond donors (Lipinski definition) is 1. The van der Waals surface area contributed by atoms with Crippen molar-refractivity contribution in [1.82, 2.24) is 10.2 Å². The van der Waals surface area contributed by atoms with Crippen molar-refractivity contribution in [2.24, 2.45) is 5.92 Å². The molecular formula is C25H30N2O3. The van der Waals surface area contributed by atoms with Crippen LogP contribution in [0.25, 0.3) is 0 Å². The topological polar surface area (TPSA) is 58.6 Å². The van der Waals surface area contributed by atoms with Crippen LogP contribution in [0.5, 0.6) is 5.75 Å². The van der Waals surface area contributed by atoms with Gasteiger partial charge >= 0.3 is 0 Å². The predicted octanol–water partition coefficient (Wildman–Crippen LogP) is 3.83. The molecule has 2 fully saturated rings. The molecule has 2 amide bonds. The predicted molar refractivity (Wildman–Crippen MR) is 116 cm³/mol. The second kappa shape index (κ2) is 9.79. The van der Waals surface area contributed by atoms with Crippen LogP contribution in [-0.4, -0.2) is 42.5 Å². The van der Waals surface area contributed by atoms with E-state index in [1.807, 2.05) is 47.4 Å². The molecule has 30 heavy (non-hydrogen) atoms. The average Bonchev–Trinajstić information content (AvgIpc) is 3.63. The summed E-state index contributed by atoms with van der Waals surface area (Å²) < 4.78 is 6.12. The van der Waals surface area contributed by atoms with Crippen molar-refractivity contribution in [3.05, 3.63) is 65.7 Å². The molecule has 1 saturated heterocycles. The quantitative estimate of drug-likeness (QED) is 0.678. The van der Waals surface area contributed by atoms with Gasteiger partial charge in [0.2, 0.25) is 5.91 Å². The lowest BCUT2D eigenvalue weighted by Gasteiger charge is -2.32. The Kier molecular flexibility index (Phi) is 6.67.